The lowest BCUT2D eigenvalue weighted by molar-refractivity contribution is 0.0698. The highest BCUT2D eigenvalue weighted by Gasteiger charge is 2.19. The molecule has 0 radical (unpaired) electrons. The van der Waals surface area contributed by atoms with Gasteiger partial charge in [0, 0.05) is 6.07 Å². The SMILES string of the molecule is O=C(O)c1ccccc1NS(=O)(=O)c1cc(F)cc(F)c1. The zero-order chi connectivity index (χ0) is 15.6. The highest BCUT2D eigenvalue weighted by molar-refractivity contribution is 7.92. The maximum Gasteiger partial charge on any atom is 0.337 e. The van der Waals surface area contributed by atoms with E-state index in [1.807, 2.05) is 4.72 Å². The lowest BCUT2D eigenvalue weighted by Crippen LogP contribution is -2.16. The second kappa shape index (κ2) is 5.49. The number of carboxylic acids is 1. The number of benzene rings is 2. The molecule has 21 heavy (non-hydrogen) atoms. The Balaban J connectivity index is 2.45. The average Bonchev–Trinajstić information content (AvgIpc) is 2.37. The fraction of sp³-hybridized carbons (Fsp3) is 0. The lowest BCUT2D eigenvalue weighted by Gasteiger charge is -2.10. The Bertz CT molecular complexity index is 785. The van der Waals surface area contributed by atoms with Crippen LogP contribution in [0.25, 0.3) is 0 Å². The molecule has 0 atom stereocenters. The van der Waals surface area contributed by atoms with E-state index in [-0.39, 0.29) is 11.3 Å². The number of nitrogens with one attached hydrogen (secondary N) is 1. The van der Waals surface area contributed by atoms with E-state index in [0.29, 0.717) is 18.2 Å². The predicted octanol–water partition coefficient (Wildman–Crippen LogP) is 2.46. The van der Waals surface area contributed by atoms with Crippen molar-refractivity contribution in [2.75, 3.05) is 4.72 Å². The van der Waals surface area contributed by atoms with Crippen LogP contribution in [-0.4, -0.2) is 19.5 Å². The Kier molecular flexibility index (Phi) is 3.90. The molecule has 0 unspecified atom stereocenters. The Morgan fingerprint density at radius 3 is 2.19 bits per heavy atom. The van der Waals surface area contributed by atoms with E-state index in [0.717, 1.165) is 0 Å². The smallest absolute Gasteiger partial charge is 0.337 e. The number of anilines is 1. The molecule has 5 nitrogen and oxygen atoms in total. The van der Waals surface area contributed by atoms with Crippen LogP contribution in [-0.2, 0) is 10.0 Å². The fourth-order valence-electron chi connectivity index (χ4n) is 1.65. The number of carboxylic acid groups (broad SMARTS) is 1. The van der Waals surface area contributed by atoms with Crippen molar-refractivity contribution < 1.29 is 27.1 Å². The van der Waals surface area contributed by atoms with Crippen LogP contribution in [0.4, 0.5) is 14.5 Å². The first-order valence-corrected chi connectivity index (χ1v) is 7.09. The van der Waals surface area contributed by atoms with Gasteiger partial charge in [-0.2, -0.15) is 0 Å². The number of halogens is 2. The van der Waals surface area contributed by atoms with E-state index >= 15 is 0 Å². The van der Waals surface area contributed by atoms with Crippen molar-refractivity contribution in [2.24, 2.45) is 0 Å². The molecular weight excluding hydrogens is 304 g/mol. The summed E-state index contributed by atoms with van der Waals surface area (Å²) in [4.78, 5) is 10.4. The molecule has 0 aliphatic rings. The van der Waals surface area contributed by atoms with Crippen LogP contribution in [0.1, 0.15) is 10.4 Å². The number of hydrogen-bond acceptors (Lipinski definition) is 3. The summed E-state index contributed by atoms with van der Waals surface area (Å²) in [5.74, 6) is -3.44. The molecule has 0 aliphatic carbocycles. The number of sulfonamides is 1. The molecule has 2 aromatic carbocycles. The minimum Gasteiger partial charge on any atom is -0.478 e. The van der Waals surface area contributed by atoms with Crippen LogP contribution in [0.15, 0.2) is 47.4 Å². The minimum atomic E-state index is -4.31. The Morgan fingerprint density at radius 1 is 1.05 bits per heavy atom. The molecule has 0 aromatic heterocycles. The van der Waals surface area contributed by atoms with Crippen molar-refractivity contribution >= 4 is 21.7 Å². The van der Waals surface area contributed by atoms with E-state index in [1.54, 1.807) is 0 Å². The molecule has 0 aliphatic heterocycles. The van der Waals surface area contributed by atoms with Gasteiger partial charge in [0.2, 0.25) is 0 Å². The van der Waals surface area contributed by atoms with Crippen LogP contribution in [0.2, 0.25) is 0 Å². The van der Waals surface area contributed by atoms with Crippen LogP contribution < -0.4 is 4.72 Å². The maximum atomic E-state index is 13.1. The number of hydrogen-bond donors (Lipinski definition) is 2. The van der Waals surface area contributed by atoms with E-state index in [4.69, 9.17) is 5.11 Å². The average molecular weight is 313 g/mol. The zero-order valence-electron chi connectivity index (χ0n) is 10.4. The highest BCUT2D eigenvalue weighted by Crippen LogP contribution is 2.21. The molecular formula is C13H9F2NO4S. The molecule has 2 N–H and O–H groups in total. The molecule has 0 spiro atoms. The number of carbonyl (C=O) groups is 1. The molecule has 8 heteroatoms. The van der Waals surface area contributed by atoms with Gasteiger partial charge in [0.1, 0.15) is 11.6 Å². The summed E-state index contributed by atoms with van der Waals surface area (Å²) in [6.07, 6.45) is 0. The maximum absolute atomic E-state index is 13.1. The standard InChI is InChI=1S/C13H9F2NO4S/c14-8-5-9(15)7-10(6-8)21(19,20)16-12-4-2-1-3-11(12)13(17)18/h1-7,16H,(H,17,18). The summed E-state index contributed by atoms with van der Waals surface area (Å²) in [6, 6.07) is 7.08. The quantitative estimate of drug-likeness (QED) is 0.908. The van der Waals surface area contributed by atoms with Gasteiger partial charge in [-0.25, -0.2) is 22.0 Å². The summed E-state index contributed by atoms with van der Waals surface area (Å²) in [5, 5.41) is 8.97. The van der Waals surface area contributed by atoms with Gasteiger partial charge >= 0.3 is 5.97 Å². The third-order valence-electron chi connectivity index (χ3n) is 2.55. The Labute approximate surface area is 118 Å². The zero-order valence-corrected chi connectivity index (χ0v) is 11.2. The first kappa shape index (κ1) is 14.9. The molecule has 0 saturated heterocycles. The summed E-state index contributed by atoms with van der Waals surface area (Å²) in [6.45, 7) is 0. The van der Waals surface area contributed by atoms with E-state index < -0.39 is 32.5 Å². The molecule has 0 heterocycles. The van der Waals surface area contributed by atoms with Gasteiger partial charge in [-0.1, -0.05) is 12.1 Å². The first-order chi connectivity index (χ1) is 9.79. The topological polar surface area (TPSA) is 83.5 Å². The van der Waals surface area contributed by atoms with Crippen molar-refractivity contribution in [1.29, 1.82) is 0 Å². The number of aromatic carboxylic acids is 1. The van der Waals surface area contributed by atoms with Crippen molar-refractivity contribution in [2.45, 2.75) is 4.90 Å². The minimum absolute atomic E-state index is 0.199. The van der Waals surface area contributed by atoms with Crippen LogP contribution in [0.3, 0.4) is 0 Å². The summed E-state index contributed by atoms with van der Waals surface area (Å²) in [7, 11) is -4.31. The second-order valence-electron chi connectivity index (χ2n) is 4.06. The van der Waals surface area contributed by atoms with Gasteiger partial charge < -0.3 is 5.11 Å². The molecule has 2 aromatic rings. The van der Waals surface area contributed by atoms with Crippen LogP contribution in [0.5, 0.6) is 0 Å². The molecule has 110 valence electrons. The summed E-state index contributed by atoms with van der Waals surface area (Å²) < 4.78 is 52.2. The third kappa shape index (κ3) is 3.34. The lowest BCUT2D eigenvalue weighted by atomic mass is 10.2. The van der Waals surface area contributed by atoms with E-state index in [2.05, 4.69) is 0 Å². The van der Waals surface area contributed by atoms with Gasteiger partial charge in [0.15, 0.2) is 0 Å². The van der Waals surface area contributed by atoms with Crippen molar-refractivity contribution in [3.05, 3.63) is 59.7 Å². The highest BCUT2D eigenvalue weighted by atomic mass is 32.2. The van der Waals surface area contributed by atoms with E-state index in [9.17, 15) is 22.0 Å². The molecule has 0 amide bonds. The fourth-order valence-corrected chi connectivity index (χ4v) is 2.77. The molecule has 0 fully saturated rings. The number of rotatable bonds is 4. The van der Waals surface area contributed by atoms with Crippen molar-refractivity contribution in [3.63, 3.8) is 0 Å². The Hall–Kier alpha value is -2.48. The van der Waals surface area contributed by atoms with E-state index in [1.165, 1.54) is 24.3 Å². The van der Waals surface area contributed by atoms with Crippen LogP contribution >= 0.6 is 0 Å². The largest absolute Gasteiger partial charge is 0.478 e. The normalized spacial score (nSPS) is 11.1. The number of para-hydroxylation sites is 1. The van der Waals surface area contributed by atoms with Gasteiger partial charge in [-0.05, 0) is 24.3 Å². The molecule has 0 saturated carbocycles. The monoisotopic (exact) mass is 313 g/mol. The van der Waals surface area contributed by atoms with Crippen molar-refractivity contribution in [3.8, 4) is 0 Å². The van der Waals surface area contributed by atoms with Gasteiger partial charge in [0.05, 0.1) is 16.1 Å². The second-order valence-corrected chi connectivity index (χ2v) is 5.74. The summed E-state index contributed by atoms with van der Waals surface area (Å²) in [5.41, 5.74) is -0.479. The Morgan fingerprint density at radius 2 is 1.62 bits per heavy atom. The molecule has 0 bridgehead atoms. The third-order valence-corrected chi connectivity index (χ3v) is 3.89. The molecule has 2 rings (SSSR count). The van der Waals surface area contributed by atoms with Gasteiger partial charge in [0.25, 0.3) is 10.0 Å². The predicted molar refractivity (Wildman–Crippen MR) is 70.6 cm³/mol. The van der Waals surface area contributed by atoms with Crippen molar-refractivity contribution in [1.82, 2.24) is 0 Å². The summed E-state index contributed by atoms with van der Waals surface area (Å²) >= 11 is 0. The van der Waals surface area contributed by atoms with Gasteiger partial charge in [-0.3, -0.25) is 4.72 Å². The van der Waals surface area contributed by atoms with Crippen LogP contribution in [0, 0.1) is 11.6 Å². The van der Waals surface area contributed by atoms with Gasteiger partial charge in [-0.15, -0.1) is 0 Å². The first-order valence-electron chi connectivity index (χ1n) is 5.61.